The minimum atomic E-state index is 0.0894. The summed E-state index contributed by atoms with van der Waals surface area (Å²) >= 11 is 0. The van der Waals surface area contributed by atoms with Crippen molar-refractivity contribution in [2.75, 3.05) is 56.2 Å². The molecule has 33 heavy (non-hydrogen) atoms. The van der Waals surface area contributed by atoms with Crippen molar-refractivity contribution in [3.8, 4) is 5.75 Å². The molecule has 0 unspecified atom stereocenters. The second-order valence-electron chi connectivity index (χ2n) is 8.99. The van der Waals surface area contributed by atoms with E-state index in [1.807, 2.05) is 49.1 Å². The summed E-state index contributed by atoms with van der Waals surface area (Å²) in [6, 6.07) is 10.1. The van der Waals surface area contributed by atoms with Gasteiger partial charge in [-0.15, -0.1) is 0 Å². The molecule has 0 spiro atoms. The van der Waals surface area contributed by atoms with Gasteiger partial charge >= 0.3 is 0 Å². The van der Waals surface area contributed by atoms with Crippen LogP contribution in [0.5, 0.6) is 5.75 Å². The molecule has 2 aliphatic rings. The third kappa shape index (κ3) is 3.98. The molecule has 0 aliphatic carbocycles. The minimum Gasteiger partial charge on any atom is -0.495 e. The maximum absolute atomic E-state index is 13.3. The normalized spacial score (nSPS) is 17.6. The first-order valence-corrected chi connectivity index (χ1v) is 11.8. The monoisotopic (exact) mass is 448 g/mol. The fourth-order valence-corrected chi connectivity index (χ4v) is 5.27. The highest BCUT2D eigenvalue weighted by Crippen LogP contribution is 2.31. The Balaban J connectivity index is 1.20. The molecule has 8 nitrogen and oxygen atoms in total. The van der Waals surface area contributed by atoms with Crippen LogP contribution >= 0.6 is 0 Å². The van der Waals surface area contributed by atoms with Crippen LogP contribution in [0.2, 0.25) is 0 Å². The summed E-state index contributed by atoms with van der Waals surface area (Å²) in [5.74, 6) is 2.26. The van der Waals surface area contributed by atoms with E-state index >= 15 is 0 Å². The first kappa shape index (κ1) is 21.6. The van der Waals surface area contributed by atoms with Gasteiger partial charge in [0.2, 0.25) is 5.91 Å². The highest BCUT2D eigenvalue weighted by atomic mass is 16.5. The molecule has 0 radical (unpaired) electrons. The molecule has 2 aromatic heterocycles. The van der Waals surface area contributed by atoms with E-state index in [4.69, 9.17) is 4.74 Å². The number of fused-ring (bicyclic) bond motifs is 1. The Morgan fingerprint density at radius 1 is 1.00 bits per heavy atom. The molecule has 1 amide bonds. The number of anilines is 2. The summed E-state index contributed by atoms with van der Waals surface area (Å²) in [5, 5.41) is 5.71. The van der Waals surface area contributed by atoms with Gasteiger partial charge in [-0.2, -0.15) is 5.10 Å². The highest BCUT2D eigenvalue weighted by molar-refractivity contribution is 5.91. The highest BCUT2D eigenvalue weighted by Gasteiger charge is 2.32. The Morgan fingerprint density at radius 3 is 2.45 bits per heavy atom. The maximum Gasteiger partial charge on any atom is 0.225 e. The number of carbonyl (C=O) groups is 1. The SMILES string of the molecule is COc1ccccc1N1CCN(C(=O)C2CCN(c3nccc4c(C)nn(C)c34)CC2)CC1. The number of hydrogen-bond donors (Lipinski definition) is 0. The van der Waals surface area contributed by atoms with E-state index in [2.05, 4.69) is 30.8 Å². The fraction of sp³-hybridized carbons (Fsp3) is 0.480. The van der Waals surface area contributed by atoms with Crippen LogP contribution < -0.4 is 14.5 Å². The molecule has 0 saturated carbocycles. The lowest BCUT2D eigenvalue weighted by Gasteiger charge is -2.39. The summed E-state index contributed by atoms with van der Waals surface area (Å²) in [6.07, 6.45) is 3.59. The number of piperidine rings is 1. The Hall–Kier alpha value is -3.29. The van der Waals surface area contributed by atoms with Crippen LogP contribution in [0.3, 0.4) is 0 Å². The zero-order chi connectivity index (χ0) is 22.9. The summed E-state index contributed by atoms with van der Waals surface area (Å²) in [7, 11) is 3.68. The van der Waals surface area contributed by atoms with E-state index in [0.29, 0.717) is 5.91 Å². The number of nitrogens with zero attached hydrogens (tertiary/aromatic N) is 6. The topological polar surface area (TPSA) is 66.7 Å². The van der Waals surface area contributed by atoms with Crippen molar-refractivity contribution in [3.63, 3.8) is 0 Å². The molecule has 0 bridgehead atoms. The van der Waals surface area contributed by atoms with Crippen molar-refractivity contribution >= 4 is 28.3 Å². The average molecular weight is 449 g/mol. The first-order valence-electron chi connectivity index (χ1n) is 11.8. The number of ether oxygens (including phenoxy) is 1. The van der Waals surface area contributed by atoms with Crippen LogP contribution in [-0.2, 0) is 11.8 Å². The van der Waals surface area contributed by atoms with Crippen molar-refractivity contribution in [2.45, 2.75) is 19.8 Å². The van der Waals surface area contributed by atoms with Gasteiger partial charge in [-0.1, -0.05) is 12.1 Å². The summed E-state index contributed by atoms with van der Waals surface area (Å²) in [6.45, 7) is 6.89. The molecule has 1 aromatic carbocycles. The molecule has 2 aliphatic heterocycles. The van der Waals surface area contributed by atoms with Crippen molar-refractivity contribution in [1.82, 2.24) is 19.7 Å². The molecule has 2 saturated heterocycles. The number of benzene rings is 1. The molecule has 4 heterocycles. The number of para-hydroxylation sites is 2. The Morgan fingerprint density at radius 2 is 1.73 bits per heavy atom. The first-order chi connectivity index (χ1) is 16.1. The quantitative estimate of drug-likeness (QED) is 0.612. The number of rotatable bonds is 4. The van der Waals surface area contributed by atoms with Gasteiger partial charge in [-0.3, -0.25) is 9.48 Å². The van der Waals surface area contributed by atoms with E-state index in [1.54, 1.807) is 7.11 Å². The zero-order valence-corrected chi connectivity index (χ0v) is 19.7. The zero-order valence-electron chi connectivity index (χ0n) is 19.7. The molecule has 8 heteroatoms. The third-order valence-corrected chi connectivity index (χ3v) is 7.08. The van der Waals surface area contributed by atoms with Crippen molar-refractivity contribution < 1.29 is 9.53 Å². The molecule has 0 N–H and O–H groups in total. The van der Waals surface area contributed by atoms with Gasteiger partial charge < -0.3 is 19.4 Å². The van der Waals surface area contributed by atoms with Gasteiger partial charge in [0, 0.05) is 63.8 Å². The summed E-state index contributed by atoms with van der Waals surface area (Å²) in [5.41, 5.74) is 3.20. The van der Waals surface area contributed by atoms with E-state index in [9.17, 15) is 4.79 Å². The maximum atomic E-state index is 13.3. The van der Waals surface area contributed by atoms with E-state index < -0.39 is 0 Å². The Kier molecular flexibility index (Phi) is 5.83. The van der Waals surface area contributed by atoms with Crippen LogP contribution in [0, 0.1) is 12.8 Å². The summed E-state index contributed by atoms with van der Waals surface area (Å²) < 4.78 is 7.43. The Bertz CT molecular complexity index is 1140. The third-order valence-electron chi connectivity index (χ3n) is 7.08. The number of carbonyl (C=O) groups excluding carboxylic acids is 1. The Labute approximate surface area is 194 Å². The predicted molar refractivity (Wildman–Crippen MR) is 130 cm³/mol. The lowest BCUT2D eigenvalue weighted by Crippen LogP contribution is -2.51. The summed E-state index contributed by atoms with van der Waals surface area (Å²) in [4.78, 5) is 24.6. The van der Waals surface area contributed by atoms with E-state index in [-0.39, 0.29) is 5.92 Å². The smallest absolute Gasteiger partial charge is 0.225 e. The van der Waals surface area contributed by atoms with Crippen molar-refractivity contribution in [1.29, 1.82) is 0 Å². The van der Waals surface area contributed by atoms with Crippen molar-refractivity contribution in [2.24, 2.45) is 13.0 Å². The lowest BCUT2D eigenvalue weighted by molar-refractivity contribution is -0.136. The van der Waals surface area contributed by atoms with Crippen LogP contribution in [0.4, 0.5) is 11.5 Å². The van der Waals surface area contributed by atoms with Crippen LogP contribution in [0.15, 0.2) is 36.5 Å². The van der Waals surface area contributed by atoms with Crippen LogP contribution in [0.1, 0.15) is 18.5 Å². The predicted octanol–water partition coefficient (Wildman–Crippen LogP) is 2.85. The van der Waals surface area contributed by atoms with Crippen LogP contribution in [-0.4, -0.2) is 71.9 Å². The molecule has 2 fully saturated rings. The number of hydrogen-bond acceptors (Lipinski definition) is 6. The number of aryl methyl sites for hydroxylation is 2. The van der Waals surface area contributed by atoms with Gasteiger partial charge in [-0.25, -0.2) is 4.98 Å². The molecule has 3 aromatic rings. The number of piperazine rings is 1. The van der Waals surface area contributed by atoms with Crippen LogP contribution in [0.25, 0.3) is 10.9 Å². The largest absolute Gasteiger partial charge is 0.495 e. The molecular weight excluding hydrogens is 416 g/mol. The fourth-order valence-electron chi connectivity index (χ4n) is 5.27. The molecule has 174 valence electrons. The average Bonchev–Trinajstić information content (AvgIpc) is 3.17. The standard InChI is InChI=1S/C25H32N6O2/c1-18-20-8-11-26-24(23(20)28(2)27-18)30-12-9-19(10-13-30)25(32)31-16-14-29(15-17-31)21-6-4-5-7-22(21)33-3/h4-8,11,19H,9-10,12-17H2,1-3H3. The van der Waals surface area contributed by atoms with Gasteiger partial charge in [-0.05, 0) is 38.0 Å². The number of amides is 1. The molecular formula is C25H32N6O2. The van der Waals surface area contributed by atoms with Gasteiger partial charge in [0.05, 0.1) is 18.5 Å². The molecule has 0 atom stereocenters. The van der Waals surface area contributed by atoms with E-state index in [1.165, 1.54) is 0 Å². The lowest BCUT2D eigenvalue weighted by atomic mass is 9.94. The molecule has 5 rings (SSSR count). The van der Waals surface area contributed by atoms with Gasteiger partial charge in [0.15, 0.2) is 5.82 Å². The van der Waals surface area contributed by atoms with E-state index in [0.717, 1.165) is 86.0 Å². The number of methoxy groups -OCH3 is 1. The second kappa shape index (κ2) is 8.92. The van der Waals surface area contributed by atoms with Gasteiger partial charge in [0.25, 0.3) is 0 Å². The van der Waals surface area contributed by atoms with Crippen molar-refractivity contribution in [3.05, 3.63) is 42.2 Å². The minimum absolute atomic E-state index is 0.0894. The van der Waals surface area contributed by atoms with Gasteiger partial charge in [0.1, 0.15) is 11.3 Å². The number of pyridine rings is 1. The second-order valence-corrected chi connectivity index (χ2v) is 8.99. The number of aromatic nitrogens is 3.